The van der Waals surface area contributed by atoms with Crippen molar-refractivity contribution in [1.29, 1.82) is 0 Å². The van der Waals surface area contributed by atoms with Crippen LogP contribution in [0.15, 0.2) is 12.4 Å². The summed E-state index contributed by atoms with van der Waals surface area (Å²) in [5, 5.41) is 4.72. The van der Waals surface area contributed by atoms with E-state index in [1.807, 2.05) is 0 Å². The van der Waals surface area contributed by atoms with Gasteiger partial charge in [0.05, 0.1) is 5.39 Å². The van der Waals surface area contributed by atoms with Gasteiger partial charge in [-0.05, 0) is 31.4 Å². The van der Waals surface area contributed by atoms with E-state index in [9.17, 15) is 0 Å². The van der Waals surface area contributed by atoms with E-state index in [1.54, 1.807) is 17.7 Å². The third-order valence-corrected chi connectivity index (χ3v) is 6.12. The van der Waals surface area contributed by atoms with Crippen LogP contribution >= 0.6 is 23.7 Å². The molecule has 2 saturated heterocycles. The van der Waals surface area contributed by atoms with Crippen molar-refractivity contribution in [3.05, 3.63) is 17.3 Å². The van der Waals surface area contributed by atoms with Crippen molar-refractivity contribution in [2.45, 2.75) is 20.3 Å². The van der Waals surface area contributed by atoms with Gasteiger partial charge in [-0.1, -0.05) is 6.92 Å². The van der Waals surface area contributed by atoms with Crippen LogP contribution in [0.3, 0.4) is 0 Å². The molecule has 0 spiro atoms. The molecule has 0 radical (unpaired) electrons. The third kappa shape index (κ3) is 3.52. The monoisotopic (exact) mass is 367 g/mol. The smallest absolute Gasteiger partial charge is 0.140 e. The van der Waals surface area contributed by atoms with Gasteiger partial charge in [-0.25, -0.2) is 9.97 Å². The van der Waals surface area contributed by atoms with Gasteiger partial charge in [0.1, 0.15) is 17.0 Å². The summed E-state index contributed by atoms with van der Waals surface area (Å²) in [7, 11) is 0. The second-order valence-corrected chi connectivity index (χ2v) is 8.51. The van der Waals surface area contributed by atoms with E-state index >= 15 is 0 Å². The molecule has 4 heterocycles. The lowest BCUT2D eigenvalue weighted by molar-refractivity contribution is 0.169. The quantitative estimate of drug-likeness (QED) is 0.903. The minimum absolute atomic E-state index is 0. The van der Waals surface area contributed by atoms with E-state index < -0.39 is 0 Å². The molecular weight excluding hydrogens is 342 g/mol. The molecule has 2 aliphatic rings. The number of hydrogen-bond donors (Lipinski definition) is 1. The molecule has 2 aromatic rings. The van der Waals surface area contributed by atoms with Crippen LogP contribution in [0.5, 0.6) is 0 Å². The fourth-order valence-corrected chi connectivity index (χ4v) is 4.72. The lowest BCUT2D eigenvalue weighted by atomic mass is 9.89. The van der Waals surface area contributed by atoms with Crippen LogP contribution in [0.4, 0.5) is 5.82 Å². The maximum absolute atomic E-state index is 4.58. The van der Waals surface area contributed by atoms with Crippen molar-refractivity contribution < 1.29 is 0 Å². The van der Waals surface area contributed by atoms with E-state index in [1.165, 1.54) is 29.8 Å². The molecule has 0 aliphatic carbocycles. The van der Waals surface area contributed by atoms with Crippen molar-refractivity contribution >= 4 is 39.8 Å². The van der Waals surface area contributed by atoms with Crippen molar-refractivity contribution in [2.75, 3.05) is 50.7 Å². The molecule has 132 valence electrons. The standard InChI is InChI=1S/C17H25N5S.ClH/c1-13-9-14-15(19-12-20-16(14)23-13)22-7-5-21(6-8-22)11-17(2)3-4-18-10-17;/h9,12,18H,3-8,10-11H2,1-2H3;1H. The van der Waals surface area contributed by atoms with Gasteiger partial charge in [0.2, 0.25) is 0 Å². The first-order valence-electron chi connectivity index (χ1n) is 8.52. The molecule has 1 unspecified atom stereocenters. The van der Waals surface area contributed by atoms with Gasteiger partial charge in [0, 0.05) is 44.1 Å². The largest absolute Gasteiger partial charge is 0.353 e. The zero-order chi connectivity index (χ0) is 15.9. The molecule has 2 fully saturated rings. The molecule has 0 amide bonds. The predicted octanol–water partition coefficient (Wildman–Crippen LogP) is 2.54. The average Bonchev–Trinajstić information content (AvgIpc) is 3.12. The van der Waals surface area contributed by atoms with E-state index in [2.05, 4.69) is 45.0 Å². The fourth-order valence-electron chi connectivity index (χ4n) is 3.88. The summed E-state index contributed by atoms with van der Waals surface area (Å²) in [5.74, 6) is 1.12. The average molecular weight is 368 g/mol. The Balaban J connectivity index is 0.00000169. The van der Waals surface area contributed by atoms with Crippen LogP contribution in [0.25, 0.3) is 10.2 Å². The number of fused-ring (bicyclic) bond motifs is 1. The van der Waals surface area contributed by atoms with Gasteiger partial charge >= 0.3 is 0 Å². The molecule has 0 saturated carbocycles. The number of hydrogen-bond acceptors (Lipinski definition) is 6. The summed E-state index contributed by atoms with van der Waals surface area (Å²) in [6.45, 7) is 12.5. The molecule has 4 rings (SSSR count). The van der Waals surface area contributed by atoms with Crippen LogP contribution in [0, 0.1) is 12.3 Å². The zero-order valence-electron chi connectivity index (χ0n) is 14.4. The van der Waals surface area contributed by atoms with Crippen LogP contribution in [0.1, 0.15) is 18.2 Å². The second-order valence-electron chi connectivity index (χ2n) is 7.27. The Kier molecular flexibility index (Phi) is 5.30. The van der Waals surface area contributed by atoms with Gasteiger partial charge in [-0.3, -0.25) is 4.90 Å². The number of aryl methyl sites for hydroxylation is 1. The number of nitrogens with one attached hydrogen (secondary N) is 1. The Labute approximate surface area is 153 Å². The van der Waals surface area contributed by atoms with Gasteiger partial charge in [0.25, 0.3) is 0 Å². The Hall–Kier alpha value is -0.950. The lowest BCUT2D eigenvalue weighted by Gasteiger charge is -2.39. The number of halogens is 1. The summed E-state index contributed by atoms with van der Waals surface area (Å²) < 4.78 is 0. The molecule has 1 atom stereocenters. The topological polar surface area (TPSA) is 44.3 Å². The number of anilines is 1. The Morgan fingerprint density at radius 2 is 2.04 bits per heavy atom. The Bertz CT molecular complexity index is 689. The van der Waals surface area contributed by atoms with Crippen molar-refractivity contribution in [3.63, 3.8) is 0 Å². The van der Waals surface area contributed by atoms with Crippen molar-refractivity contribution in [3.8, 4) is 0 Å². The van der Waals surface area contributed by atoms with Crippen LogP contribution < -0.4 is 10.2 Å². The first-order chi connectivity index (χ1) is 11.1. The highest BCUT2D eigenvalue weighted by Gasteiger charge is 2.32. The Morgan fingerprint density at radius 3 is 2.75 bits per heavy atom. The molecular formula is C17H26ClN5S. The van der Waals surface area contributed by atoms with Crippen LogP contribution in [-0.4, -0.2) is 60.7 Å². The highest BCUT2D eigenvalue weighted by atomic mass is 35.5. The first-order valence-corrected chi connectivity index (χ1v) is 9.34. The third-order valence-electron chi connectivity index (χ3n) is 5.17. The summed E-state index contributed by atoms with van der Waals surface area (Å²) >= 11 is 1.76. The minimum Gasteiger partial charge on any atom is -0.353 e. The number of thiophene rings is 1. The number of rotatable bonds is 3. The van der Waals surface area contributed by atoms with E-state index in [-0.39, 0.29) is 12.4 Å². The van der Waals surface area contributed by atoms with Gasteiger partial charge in [0.15, 0.2) is 0 Å². The van der Waals surface area contributed by atoms with E-state index in [4.69, 9.17) is 0 Å². The van der Waals surface area contributed by atoms with Gasteiger partial charge < -0.3 is 10.2 Å². The van der Waals surface area contributed by atoms with E-state index in [0.29, 0.717) is 5.41 Å². The van der Waals surface area contributed by atoms with Crippen LogP contribution in [0.2, 0.25) is 0 Å². The summed E-state index contributed by atoms with van der Waals surface area (Å²) in [4.78, 5) is 16.5. The van der Waals surface area contributed by atoms with Crippen LogP contribution in [-0.2, 0) is 0 Å². The second kappa shape index (κ2) is 7.12. The minimum atomic E-state index is 0. The molecule has 24 heavy (non-hydrogen) atoms. The summed E-state index contributed by atoms with van der Waals surface area (Å²) in [5.41, 5.74) is 0.453. The summed E-state index contributed by atoms with van der Waals surface area (Å²) in [6.07, 6.45) is 3.01. The lowest BCUT2D eigenvalue weighted by Crippen LogP contribution is -2.50. The van der Waals surface area contributed by atoms with Crippen molar-refractivity contribution in [1.82, 2.24) is 20.2 Å². The molecule has 0 aromatic carbocycles. The molecule has 2 aliphatic heterocycles. The highest BCUT2D eigenvalue weighted by Crippen LogP contribution is 2.31. The fraction of sp³-hybridized carbons (Fsp3) is 0.647. The SMILES string of the molecule is Cc1cc2c(N3CCN(CC4(C)CCNC4)CC3)ncnc2s1.Cl. The van der Waals surface area contributed by atoms with Crippen molar-refractivity contribution in [2.24, 2.45) is 5.41 Å². The van der Waals surface area contributed by atoms with Gasteiger partial charge in [-0.2, -0.15) is 0 Å². The molecule has 5 nitrogen and oxygen atoms in total. The maximum Gasteiger partial charge on any atom is 0.140 e. The normalized spacial score (nSPS) is 25.2. The molecule has 0 bridgehead atoms. The number of piperazine rings is 1. The highest BCUT2D eigenvalue weighted by molar-refractivity contribution is 7.18. The predicted molar refractivity (Wildman–Crippen MR) is 104 cm³/mol. The number of aromatic nitrogens is 2. The maximum atomic E-state index is 4.58. The molecule has 7 heteroatoms. The Morgan fingerprint density at radius 1 is 1.25 bits per heavy atom. The number of nitrogens with zero attached hydrogens (tertiary/aromatic N) is 4. The van der Waals surface area contributed by atoms with Gasteiger partial charge in [-0.15, -0.1) is 23.7 Å². The molecule has 2 aromatic heterocycles. The summed E-state index contributed by atoms with van der Waals surface area (Å²) in [6, 6.07) is 2.23. The zero-order valence-corrected chi connectivity index (χ0v) is 16.0. The first kappa shape index (κ1) is 17.9. The van der Waals surface area contributed by atoms with E-state index in [0.717, 1.165) is 43.4 Å². The molecule has 1 N–H and O–H groups in total.